The molecule has 1 N–H and O–H groups in total. The van der Waals surface area contributed by atoms with Gasteiger partial charge in [0.1, 0.15) is 5.54 Å². The molecule has 0 bridgehead atoms. The molecular weight excluding hydrogens is 334 g/mol. The molecule has 2 aliphatic rings. The van der Waals surface area contributed by atoms with Crippen LogP contribution in [-0.2, 0) is 24.1 Å². The largest absolute Gasteiger partial charge is 0.352 e. The molecule has 142 valence electrons. The molecule has 1 saturated heterocycles. The van der Waals surface area contributed by atoms with E-state index in [0.717, 1.165) is 37.9 Å². The highest BCUT2D eigenvalue weighted by atomic mass is 16.2. The third-order valence-corrected chi connectivity index (χ3v) is 6.11. The number of nitrogens with one attached hydrogen (secondary N) is 1. The van der Waals surface area contributed by atoms with Gasteiger partial charge in [0.2, 0.25) is 5.91 Å². The fourth-order valence-electron chi connectivity index (χ4n) is 4.73. The van der Waals surface area contributed by atoms with E-state index in [1.807, 2.05) is 12.3 Å². The Bertz CT molecular complexity index is 758. The Labute approximate surface area is 162 Å². The maximum Gasteiger partial charge on any atom is 0.241 e. The summed E-state index contributed by atoms with van der Waals surface area (Å²) in [4.78, 5) is 20.2. The Morgan fingerprint density at radius 3 is 2.44 bits per heavy atom. The molecule has 1 aliphatic carbocycles. The van der Waals surface area contributed by atoms with Crippen molar-refractivity contribution in [3.63, 3.8) is 0 Å². The highest BCUT2D eigenvalue weighted by Crippen LogP contribution is 2.36. The third-order valence-electron chi connectivity index (χ3n) is 6.11. The van der Waals surface area contributed by atoms with Gasteiger partial charge in [-0.3, -0.25) is 14.7 Å². The highest BCUT2D eigenvalue weighted by molar-refractivity contribution is 5.88. The van der Waals surface area contributed by atoms with Crippen molar-refractivity contribution in [1.82, 2.24) is 15.2 Å². The lowest BCUT2D eigenvalue weighted by atomic mass is 9.89. The predicted molar refractivity (Wildman–Crippen MR) is 108 cm³/mol. The van der Waals surface area contributed by atoms with E-state index < -0.39 is 5.54 Å². The van der Waals surface area contributed by atoms with Gasteiger partial charge in [0.15, 0.2) is 0 Å². The van der Waals surface area contributed by atoms with Crippen molar-refractivity contribution < 1.29 is 4.79 Å². The maximum atomic E-state index is 13.6. The zero-order valence-electron chi connectivity index (χ0n) is 16.2. The number of carbonyl (C=O) groups excluding carboxylic acids is 1. The first-order valence-corrected chi connectivity index (χ1v) is 10.2. The summed E-state index contributed by atoms with van der Waals surface area (Å²) in [6.07, 6.45) is 9.79. The first-order chi connectivity index (χ1) is 13.2. The van der Waals surface area contributed by atoms with Crippen molar-refractivity contribution in [2.45, 2.75) is 57.0 Å². The number of rotatable bonds is 5. The Hall–Kier alpha value is -2.20. The molecule has 4 rings (SSSR count). The van der Waals surface area contributed by atoms with Crippen LogP contribution in [0, 0.1) is 0 Å². The normalized spacial score (nSPS) is 20.0. The zero-order valence-corrected chi connectivity index (χ0v) is 16.2. The topological polar surface area (TPSA) is 45.2 Å². The lowest BCUT2D eigenvalue weighted by Gasteiger charge is -2.42. The molecule has 0 radical (unpaired) electrons. The summed E-state index contributed by atoms with van der Waals surface area (Å²) in [5.41, 5.74) is 3.40. The highest BCUT2D eigenvalue weighted by Gasteiger charge is 2.48. The molecule has 1 aromatic heterocycles. The van der Waals surface area contributed by atoms with Gasteiger partial charge in [0.25, 0.3) is 0 Å². The van der Waals surface area contributed by atoms with Gasteiger partial charge < -0.3 is 5.32 Å². The first-order valence-electron chi connectivity index (χ1n) is 10.2. The number of fused-ring (bicyclic) bond motifs is 1. The minimum atomic E-state index is -0.423. The van der Waals surface area contributed by atoms with Crippen molar-refractivity contribution >= 4 is 5.91 Å². The van der Waals surface area contributed by atoms with Crippen molar-refractivity contribution in [2.75, 3.05) is 13.1 Å². The number of nitrogens with zero attached hydrogens (tertiary/aromatic N) is 2. The second kappa shape index (κ2) is 7.81. The van der Waals surface area contributed by atoms with Gasteiger partial charge in [0.05, 0.1) is 0 Å². The minimum Gasteiger partial charge on any atom is -0.352 e. The number of carbonyl (C=O) groups is 1. The van der Waals surface area contributed by atoms with E-state index in [2.05, 4.69) is 52.5 Å². The standard InChI is InChI=1S/C23H29N3O/c1-18(14-19-8-7-11-24-17-19)25-22(27)23(26-12-5-2-6-13-26)15-20-9-3-4-10-21(20)16-23/h3-4,7-11,17-18H,2,5-6,12-16H2,1H3,(H,25,27)/t18-/m1/s1. The monoisotopic (exact) mass is 363 g/mol. The number of hydrogen-bond donors (Lipinski definition) is 1. The van der Waals surface area contributed by atoms with E-state index in [1.165, 1.54) is 30.4 Å². The molecular formula is C23H29N3O. The number of piperidine rings is 1. The van der Waals surface area contributed by atoms with E-state index in [0.29, 0.717) is 0 Å². The van der Waals surface area contributed by atoms with Crippen LogP contribution >= 0.6 is 0 Å². The van der Waals surface area contributed by atoms with Gasteiger partial charge in [-0.25, -0.2) is 0 Å². The van der Waals surface area contributed by atoms with Gasteiger partial charge in [-0.15, -0.1) is 0 Å². The van der Waals surface area contributed by atoms with Crippen LogP contribution in [0.3, 0.4) is 0 Å². The van der Waals surface area contributed by atoms with Crippen LogP contribution in [-0.4, -0.2) is 40.5 Å². The van der Waals surface area contributed by atoms with Gasteiger partial charge in [-0.2, -0.15) is 0 Å². The number of amides is 1. The van der Waals surface area contributed by atoms with Crippen molar-refractivity contribution in [2.24, 2.45) is 0 Å². The van der Waals surface area contributed by atoms with Crippen LogP contribution in [0.25, 0.3) is 0 Å². The molecule has 1 aromatic carbocycles. The number of likely N-dealkylation sites (tertiary alicyclic amines) is 1. The Kier molecular flexibility index (Phi) is 5.26. The molecule has 4 nitrogen and oxygen atoms in total. The van der Waals surface area contributed by atoms with Crippen LogP contribution < -0.4 is 5.32 Å². The number of pyridine rings is 1. The van der Waals surface area contributed by atoms with Crippen LogP contribution in [0.2, 0.25) is 0 Å². The smallest absolute Gasteiger partial charge is 0.241 e. The molecule has 0 unspecified atom stereocenters. The number of benzene rings is 1. The van der Waals surface area contributed by atoms with Gasteiger partial charge >= 0.3 is 0 Å². The van der Waals surface area contributed by atoms with Gasteiger partial charge in [-0.1, -0.05) is 36.8 Å². The first kappa shape index (κ1) is 18.2. The van der Waals surface area contributed by atoms with Crippen LogP contribution in [0.1, 0.15) is 42.9 Å². The van der Waals surface area contributed by atoms with Crippen molar-refractivity contribution in [1.29, 1.82) is 0 Å². The summed E-state index contributed by atoms with van der Waals surface area (Å²) in [6, 6.07) is 12.7. The number of hydrogen-bond acceptors (Lipinski definition) is 3. The minimum absolute atomic E-state index is 0.0899. The summed E-state index contributed by atoms with van der Waals surface area (Å²) in [5, 5.41) is 3.33. The summed E-state index contributed by atoms with van der Waals surface area (Å²) >= 11 is 0. The fraction of sp³-hybridized carbons (Fsp3) is 0.478. The summed E-state index contributed by atoms with van der Waals surface area (Å²) in [5.74, 6) is 0.192. The van der Waals surface area contributed by atoms with E-state index >= 15 is 0 Å². The van der Waals surface area contributed by atoms with Gasteiger partial charge in [0, 0.05) is 31.3 Å². The number of aromatic nitrogens is 1. The molecule has 0 saturated carbocycles. The molecule has 2 heterocycles. The van der Waals surface area contributed by atoms with E-state index in [1.54, 1.807) is 6.20 Å². The Morgan fingerprint density at radius 2 is 1.81 bits per heavy atom. The SMILES string of the molecule is C[C@H](Cc1cccnc1)NC(=O)C1(N2CCCCC2)Cc2ccccc2C1. The van der Waals surface area contributed by atoms with E-state index in [-0.39, 0.29) is 11.9 Å². The molecule has 1 fully saturated rings. The van der Waals surface area contributed by atoms with Crippen LogP contribution in [0.5, 0.6) is 0 Å². The average molecular weight is 364 g/mol. The quantitative estimate of drug-likeness (QED) is 0.888. The summed E-state index contributed by atoms with van der Waals surface area (Å²) in [7, 11) is 0. The molecule has 1 aliphatic heterocycles. The van der Waals surface area contributed by atoms with E-state index in [9.17, 15) is 4.79 Å². The maximum absolute atomic E-state index is 13.6. The average Bonchev–Trinajstić information content (AvgIpc) is 3.10. The third kappa shape index (κ3) is 3.77. The molecule has 0 spiro atoms. The van der Waals surface area contributed by atoms with Gasteiger partial charge in [-0.05, 0) is 62.0 Å². The second-order valence-electron chi connectivity index (χ2n) is 8.14. The van der Waals surface area contributed by atoms with Crippen molar-refractivity contribution in [3.05, 3.63) is 65.5 Å². The van der Waals surface area contributed by atoms with Crippen LogP contribution in [0.15, 0.2) is 48.8 Å². The molecule has 1 atom stereocenters. The Balaban J connectivity index is 1.53. The summed E-state index contributed by atoms with van der Waals surface area (Å²) in [6.45, 7) is 4.15. The lowest BCUT2D eigenvalue weighted by molar-refractivity contribution is -0.134. The van der Waals surface area contributed by atoms with Crippen molar-refractivity contribution in [3.8, 4) is 0 Å². The molecule has 27 heavy (non-hydrogen) atoms. The summed E-state index contributed by atoms with van der Waals surface area (Å²) < 4.78 is 0. The van der Waals surface area contributed by atoms with Crippen LogP contribution in [0.4, 0.5) is 0 Å². The lowest BCUT2D eigenvalue weighted by Crippen LogP contribution is -2.62. The fourth-order valence-corrected chi connectivity index (χ4v) is 4.73. The Morgan fingerprint density at radius 1 is 1.11 bits per heavy atom. The predicted octanol–water partition coefficient (Wildman–Crippen LogP) is 3.15. The second-order valence-corrected chi connectivity index (χ2v) is 8.14. The zero-order chi connectivity index (χ0) is 18.7. The van der Waals surface area contributed by atoms with E-state index in [4.69, 9.17) is 0 Å². The molecule has 4 heteroatoms. The molecule has 2 aromatic rings. The molecule has 1 amide bonds.